The van der Waals surface area contributed by atoms with E-state index in [1.54, 1.807) is 16.8 Å². The molecule has 1 atom stereocenters. The Labute approximate surface area is 162 Å². The molecule has 27 heavy (non-hydrogen) atoms. The highest BCUT2D eigenvalue weighted by Crippen LogP contribution is 2.33. The Morgan fingerprint density at radius 3 is 2.59 bits per heavy atom. The Morgan fingerprint density at radius 1 is 1.37 bits per heavy atom. The number of likely N-dealkylation sites (N-methyl/N-ethyl adjacent to an activating group) is 1. The van der Waals surface area contributed by atoms with Crippen molar-refractivity contribution < 1.29 is 22.7 Å². The second-order valence-electron chi connectivity index (χ2n) is 7.73. The van der Waals surface area contributed by atoms with Gasteiger partial charge >= 0.3 is 12.3 Å². The van der Waals surface area contributed by atoms with Gasteiger partial charge in [0.25, 0.3) is 0 Å². The zero-order valence-electron chi connectivity index (χ0n) is 15.9. The van der Waals surface area contributed by atoms with Crippen molar-refractivity contribution in [1.29, 1.82) is 0 Å². The minimum atomic E-state index is -4.50. The van der Waals surface area contributed by atoms with Crippen molar-refractivity contribution in [1.82, 2.24) is 9.88 Å². The molecule has 1 unspecified atom stereocenters. The number of carbonyl (C=O) groups excluding carboxylic acids is 1. The molecule has 5 nitrogen and oxygen atoms in total. The quantitative estimate of drug-likeness (QED) is 0.709. The lowest BCUT2D eigenvalue weighted by Gasteiger charge is -2.38. The van der Waals surface area contributed by atoms with Gasteiger partial charge in [0.1, 0.15) is 11.4 Å². The van der Waals surface area contributed by atoms with Gasteiger partial charge in [-0.15, -0.1) is 0 Å². The van der Waals surface area contributed by atoms with Gasteiger partial charge in [0.15, 0.2) is 0 Å². The Morgan fingerprint density at radius 2 is 2.04 bits per heavy atom. The van der Waals surface area contributed by atoms with Crippen molar-refractivity contribution in [3.63, 3.8) is 0 Å². The monoisotopic (exact) mass is 407 g/mol. The SMILES string of the molecule is CN(CC1CCCCN1C(=O)OC(C)(C)C)c1ncc(C(F)(F)F)cc1Cl. The summed E-state index contributed by atoms with van der Waals surface area (Å²) in [6.07, 6.45) is -1.48. The van der Waals surface area contributed by atoms with Gasteiger partial charge in [0.05, 0.1) is 16.6 Å². The fourth-order valence-corrected chi connectivity index (χ4v) is 3.33. The summed E-state index contributed by atoms with van der Waals surface area (Å²) in [6, 6.07) is 0.742. The number of piperidine rings is 1. The lowest BCUT2D eigenvalue weighted by Crippen LogP contribution is -2.50. The van der Waals surface area contributed by atoms with Crippen LogP contribution in [0.2, 0.25) is 5.02 Å². The lowest BCUT2D eigenvalue weighted by atomic mass is 10.0. The van der Waals surface area contributed by atoms with Crippen molar-refractivity contribution in [2.24, 2.45) is 0 Å². The van der Waals surface area contributed by atoms with Gasteiger partial charge in [-0.05, 0) is 46.1 Å². The number of hydrogen-bond acceptors (Lipinski definition) is 4. The third kappa shape index (κ3) is 5.89. The number of alkyl halides is 3. The third-order valence-electron chi connectivity index (χ3n) is 4.25. The number of ether oxygens (including phenoxy) is 1. The molecular weight excluding hydrogens is 383 g/mol. The molecule has 0 N–H and O–H groups in total. The first-order valence-corrected chi connectivity index (χ1v) is 9.20. The predicted molar refractivity (Wildman–Crippen MR) is 98.1 cm³/mol. The van der Waals surface area contributed by atoms with E-state index in [1.165, 1.54) is 0 Å². The summed E-state index contributed by atoms with van der Waals surface area (Å²) < 4.78 is 43.8. The van der Waals surface area contributed by atoms with Crippen LogP contribution in [0.4, 0.5) is 23.8 Å². The van der Waals surface area contributed by atoms with Gasteiger partial charge in [-0.2, -0.15) is 13.2 Å². The molecule has 0 bridgehead atoms. The van der Waals surface area contributed by atoms with Crippen LogP contribution in [-0.4, -0.2) is 47.8 Å². The third-order valence-corrected chi connectivity index (χ3v) is 4.53. The van der Waals surface area contributed by atoms with E-state index in [9.17, 15) is 18.0 Å². The number of hydrogen-bond donors (Lipinski definition) is 0. The molecule has 1 aromatic rings. The first-order chi connectivity index (χ1) is 12.4. The standard InChI is InChI=1S/C18H25ClF3N3O2/c1-17(2,3)27-16(26)25-8-6-5-7-13(25)11-24(4)15-14(19)9-12(10-23-15)18(20,21)22/h9-10,13H,5-8,11H2,1-4H3. The number of nitrogens with zero attached hydrogens (tertiary/aromatic N) is 3. The topological polar surface area (TPSA) is 45.7 Å². The molecule has 1 fully saturated rings. The van der Waals surface area contributed by atoms with E-state index < -0.39 is 17.3 Å². The number of amides is 1. The highest BCUT2D eigenvalue weighted by atomic mass is 35.5. The predicted octanol–water partition coefficient (Wildman–Crippen LogP) is 4.98. The molecule has 2 heterocycles. The fourth-order valence-electron chi connectivity index (χ4n) is 3.02. The van der Waals surface area contributed by atoms with Crippen LogP contribution in [0.5, 0.6) is 0 Å². The highest BCUT2D eigenvalue weighted by Gasteiger charge is 2.33. The smallest absolute Gasteiger partial charge is 0.417 e. The number of pyridine rings is 1. The maximum atomic E-state index is 12.8. The molecule has 2 rings (SSSR count). The molecule has 1 aliphatic rings. The summed E-state index contributed by atoms with van der Waals surface area (Å²) in [6.45, 7) is 6.41. The lowest BCUT2D eigenvalue weighted by molar-refractivity contribution is -0.137. The number of rotatable bonds is 3. The average Bonchev–Trinajstić information content (AvgIpc) is 2.52. The van der Waals surface area contributed by atoms with Gasteiger partial charge in [0.2, 0.25) is 0 Å². The number of aromatic nitrogens is 1. The first-order valence-electron chi connectivity index (χ1n) is 8.82. The van der Waals surface area contributed by atoms with Crippen LogP contribution in [0.3, 0.4) is 0 Å². The van der Waals surface area contributed by atoms with E-state index in [0.29, 0.717) is 13.1 Å². The number of likely N-dealkylation sites (tertiary alicyclic amines) is 1. The molecule has 1 saturated heterocycles. The van der Waals surface area contributed by atoms with Crippen LogP contribution in [0.1, 0.15) is 45.6 Å². The summed E-state index contributed by atoms with van der Waals surface area (Å²) in [5.41, 5.74) is -1.48. The van der Waals surface area contributed by atoms with Crippen LogP contribution < -0.4 is 4.90 Å². The second-order valence-corrected chi connectivity index (χ2v) is 8.14. The zero-order chi connectivity index (χ0) is 20.4. The molecule has 0 aromatic carbocycles. The highest BCUT2D eigenvalue weighted by molar-refractivity contribution is 6.33. The summed E-state index contributed by atoms with van der Waals surface area (Å²) in [4.78, 5) is 19.7. The van der Waals surface area contributed by atoms with Crippen molar-refractivity contribution in [2.75, 3.05) is 25.0 Å². The van der Waals surface area contributed by atoms with Crippen molar-refractivity contribution in [2.45, 2.75) is 57.9 Å². The Kier molecular flexibility index (Phi) is 6.50. The van der Waals surface area contributed by atoms with Crippen molar-refractivity contribution in [3.05, 3.63) is 22.8 Å². The van der Waals surface area contributed by atoms with Gasteiger partial charge in [-0.1, -0.05) is 11.6 Å². The molecule has 152 valence electrons. The van der Waals surface area contributed by atoms with Crippen LogP contribution >= 0.6 is 11.6 Å². The molecule has 0 saturated carbocycles. The largest absolute Gasteiger partial charge is 0.444 e. The van der Waals surface area contributed by atoms with Crippen molar-refractivity contribution >= 4 is 23.5 Å². The van der Waals surface area contributed by atoms with Gasteiger partial charge in [-0.3, -0.25) is 0 Å². The van der Waals surface area contributed by atoms with Crippen LogP contribution in [0, 0.1) is 0 Å². The fraction of sp³-hybridized carbons (Fsp3) is 0.667. The molecule has 1 aliphatic heterocycles. The second kappa shape index (κ2) is 8.12. The van der Waals surface area contributed by atoms with E-state index in [0.717, 1.165) is 31.5 Å². The van der Waals surface area contributed by atoms with E-state index in [1.807, 2.05) is 20.8 Å². The molecular formula is C18H25ClF3N3O2. The molecule has 1 amide bonds. The van der Waals surface area contributed by atoms with Gasteiger partial charge in [0, 0.05) is 26.3 Å². The zero-order valence-corrected chi connectivity index (χ0v) is 16.7. The molecule has 9 heteroatoms. The normalized spacial score (nSPS) is 18.4. The Bertz CT molecular complexity index is 677. The molecule has 0 aliphatic carbocycles. The molecule has 1 aromatic heterocycles. The van der Waals surface area contributed by atoms with E-state index in [-0.39, 0.29) is 23.0 Å². The number of carbonyl (C=O) groups is 1. The summed E-state index contributed by atoms with van der Waals surface area (Å²) in [5.74, 6) is 0.249. The maximum Gasteiger partial charge on any atom is 0.417 e. The minimum absolute atomic E-state index is 0.0769. The minimum Gasteiger partial charge on any atom is -0.444 e. The molecule has 0 spiro atoms. The summed E-state index contributed by atoms with van der Waals surface area (Å²) in [7, 11) is 1.70. The molecule has 0 radical (unpaired) electrons. The van der Waals surface area contributed by atoms with Gasteiger partial charge in [-0.25, -0.2) is 9.78 Å². The summed E-state index contributed by atoms with van der Waals surface area (Å²) in [5, 5.41) is -0.0769. The number of halogens is 4. The number of anilines is 1. The summed E-state index contributed by atoms with van der Waals surface area (Å²) >= 11 is 6.02. The Balaban J connectivity index is 2.12. The van der Waals surface area contributed by atoms with Crippen LogP contribution in [-0.2, 0) is 10.9 Å². The van der Waals surface area contributed by atoms with Crippen molar-refractivity contribution in [3.8, 4) is 0 Å². The van der Waals surface area contributed by atoms with E-state index in [2.05, 4.69) is 4.98 Å². The van der Waals surface area contributed by atoms with Crippen LogP contribution in [0.15, 0.2) is 12.3 Å². The average molecular weight is 408 g/mol. The Hall–Kier alpha value is -1.70. The van der Waals surface area contributed by atoms with E-state index in [4.69, 9.17) is 16.3 Å². The first kappa shape index (κ1) is 21.6. The van der Waals surface area contributed by atoms with Gasteiger partial charge < -0.3 is 14.5 Å². The maximum absolute atomic E-state index is 12.8. The van der Waals surface area contributed by atoms with Crippen LogP contribution in [0.25, 0.3) is 0 Å². The van der Waals surface area contributed by atoms with E-state index >= 15 is 0 Å².